The lowest BCUT2D eigenvalue weighted by atomic mass is 9.88. The zero-order valence-corrected chi connectivity index (χ0v) is 13.2. The molecular formula is C17H16FIO. The van der Waals surface area contributed by atoms with E-state index in [1.807, 2.05) is 6.07 Å². The van der Waals surface area contributed by atoms with Crippen molar-refractivity contribution < 1.29 is 9.50 Å². The average molecular weight is 382 g/mol. The largest absolute Gasteiger partial charge is 0.384 e. The van der Waals surface area contributed by atoms with Crippen LogP contribution in [0.3, 0.4) is 0 Å². The molecule has 0 aromatic heterocycles. The minimum atomic E-state index is -0.685. The van der Waals surface area contributed by atoms with Crippen molar-refractivity contribution in [1.82, 2.24) is 0 Å². The number of aliphatic hydroxyl groups is 1. The van der Waals surface area contributed by atoms with Gasteiger partial charge in [-0.05, 0) is 82.7 Å². The minimum Gasteiger partial charge on any atom is -0.384 e. The summed E-state index contributed by atoms with van der Waals surface area (Å²) in [5.41, 5.74) is 4.42. The number of aryl methyl sites for hydroxylation is 2. The van der Waals surface area contributed by atoms with Gasteiger partial charge in [0.05, 0.1) is 0 Å². The first-order valence-electron chi connectivity index (χ1n) is 6.90. The van der Waals surface area contributed by atoms with Crippen LogP contribution in [-0.2, 0) is 12.8 Å². The van der Waals surface area contributed by atoms with Gasteiger partial charge in [0, 0.05) is 3.57 Å². The van der Waals surface area contributed by atoms with Crippen molar-refractivity contribution in [2.24, 2.45) is 0 Å². The van der Waals surface area contributed by atoms with Gasteiger partial charge >= 0.3 is 0 Å². The molecule has 0 aliphatic heterocycles. The zero-order valence-electron chi connectivity index (χ0n) is 11.1. The summed E-state index contributed by atoms with van der Waals surface area (Å²) >= 11 is 2.07. The number of halogens is 2. The number of fused-ring (bicyclic) bond motifs is 1. The molecule has 1 aliphatic carbocycles. The zero-order chi connectivity index (χ0) is 14.1. The van der Waals surface area contributed by atoms with Gasteiger partial charge in [0.1, 0.15) is 11.9 Å². The van der Waals surface area contributed by atoms with Gasteiger partial charge in [-0.1, -0.05) is 24.3 Å². The maximum absolute atomic E-state index is 13.2. The van der Waals surface area contributed by atoms with Crippen LogP contribution in [0.1, 0.15) is 41.2 Å². The van der Waals surface area contributed by atoms with Crippen LogP contribution in [0.4, 0.5) is 4.39 Å². The number of rotatable bonds is 2. The highest BCUT2D eigenvalue weighted by Gasteiger charge is 2.17. The second kappa shape index (κ2) is 5.82. The van der Waals surface area contributed by atoms with Gasteiger partial charge in [0.25, 0.3) is 0 Å². The molecular weight excluding hydrogens is 366 g/mol. The standard InChI is InChI=1S/C17H16FIO/c18-14-7-8-15(16(19)10-14)17(20)13-6-5-11-3-1-2-4-12(11)9-13/h5-10,17,20H,1-4H2. The molecule has 1 nitrogen and oxygen atoms in total. The molecule has 1 unspecified atom stereocenters. The highest BCUT2D eigenvalue weighted by molar-refractivity contribution is 14.1. The van der Waals surface area contributed by atoms with Gasteiger partial charge in [-0.3, -0.25) is 0 Å². The van der Waals surface area contributed by atoms with Crippen molar-refractivity contribution in [1.29, 1.82) is 0 Å². The van der Waals surface area contributed by atoms with Crippen LogP contribution >= 0.6 is 22.6 Å². The molecule has 2 aromatic rings. The van der Waals surface area contributed by atoms with Crippen molar-refractivity contribution in [3.8, 4) is 0 Å². The Morgan fingerprint density at radius 1 is 1.00 bits per heavy atom. The van der Waals surface area contributed by atoms with E-state index in [4.69, 9.17) is 0 Å². The smallest absolute Gasteiger partial charge is 0.124 e. The Morgan fingerprint density at radius 2 is 1.75 bits per heavy atom. The van der Waals surface area contributed by atoms with E-state index >= 15 is 0 Å². The third-order valence-corrected chi connectivity index (χ3v) is 4.88. The van der Waals surface area contributed by atoms with Gasteiger partial charge in [-0.15, -0.1) is 0 Å². The summed E-state index contributed by atoms with van der Waals surface area (Å²) in [6.45, 7) is 0. The van der Waals surface area contributed by atoms with E-state index in [0.29, 0.717) is 0 Å². The molecule has 0 saturated carbocycles. The summed E-state index contributed by atoms with van der Waals surface area (Å²) in [5, 5.41) is 10.5. The van der Waals surface area contributed by atoms with Gasteiger partial charge in [-0.2, -0.15) is 0 Å². The second-order valence-corrected chi connectivity index (χ2v) is 6.47. The van der Waals surface area contributed by atoms with Crippen LogP contribution in [0.25, 0.3) is 0 Å². The van der Waals surface area contributed by atoms with Crippen molar-refractivity contribution in [2.45, 2.75) is 31.8 Å². The topological polar surface area (TPSA) is 20.2 Å². The van der Waals surface area contributed by atoms with E-state index in [9.17, 15) is 9.50 Å². The Kier molecular flexibility index (Phi) is 4.08. The van der Waals surface area contributed by atoms with Gasteiger partial charge in [0.2, 0.25) is 0 Å². The lowest BCUT2D eigenvalue weighted by Gasteiger charge is -2.19. The molecule has 1 aliphatic rings. The predicted octanol–water partition coefficient (Wildman–Crippen LogP) is 4.39. The second-order valence-electron chi connectivity index (χ2n) is 5.30. The third kappa shape index (κ3) is 2.74. The van der Waals surface area contributed by atoms with E-state index < -0.39 is 6.10 Å². The summed E-state index contributed by atoms with van der Waals surface area (Å²) in [7, 11) is 0. The average Bonchev–Trinajstić information content (AvgIpc) is 2.46. The lowest BCUT2D eigenvalue weighted by molar-refractivity contribution is 0.219. The Hall–Kier alpha value is -0.940. The molecule has 0 heterocycles. The van der Waals surface area contributed by atoms with Crippen LogP contribution in [-0.4, -0.2) is 5.11 Å². The first kappa shape index (κ1) is 14.0. The van der Waals surface area contributed by atoms with Crippen LogP contribution in [0.2, 0.25) is 0 Å². The summed E-state index contributed by atoms with van der Waals surface area (Å²) in [6.07, 6.45) is 4.02. The first-order chi connectivity index (χ1) is 9.65. The summed E-state index contributed by atoms with van der Waals surface area (Å²) in [5.74, 6) is -0.268. The minimum absolute atomic E-state index is 0.268. The Labute approximate surface area is 132 Å². The number of aliphatic hydroxyl groups excluding tert-OH is 1. The first-order valence-corrected chi connectivity index (χ1v) is 7.98. The van der Waals surface area contributed by atoms with E-state index in [0.717, 1.165) is 27.5 Å². The van der Waals surface area contributed by atoms with Crippen molar-refractivity contribution in [2.75, 3.05) is 0 Å². The molecule has 0 fully saturated rings. The van der Waals surface area contributed by atoms with Gasteiger partial charge in [-0.25, -0.2) is 4.39 Å². The van der Waals surface area contributed by atoms with Crippen LogP contribution in [0.15, 0.2) is 36.4 Å². The molecule has 3 rings (SSSR count). The maximum atomic E-state index is 13.2. The van der Waals surface area contributed by atoms with Crippen LogP contribution in [0.5, 0.6) is 0 Å². The molecule has 1 atom stereocenters. The fraction of sp³-hybridized carbons (Fsp3) is 0.294. The fourth-order valence-corrected chi connectivity index (χ4v) is 3.60. The molecule has 1 N–H and O–H groups in total. The normalized spacial score (nSPS) is 15.8. The van der Waals surface area contributed by atoms with E-state index in [2.05, 4.69) is 34.7 Å². The molecule has 0 spiro atoms. The van der Waals surface area contributed by atoms with Crippen LogP contribution < -0.4 is 0 Å². The van der Waals surface area contributed by atoms with Crippen molar-refractivity contribution in [3.63, 3.8) is 0 Å². The fourth-order valence-electron chi connectivity index (χ4n) is 2.83. The highest BCUT2D eigenvalue weighted by Crippen LogP contribution is 2.30. The van der Waals surface area contributed by atoms with E-state index in [1.54, 1.807) is 6.07 Å². The molecule has 104 valence electrons. The molecule has 0 saturated heterocycles. The summed E-state index contributed by atoms with van der Waals surface area (Å²) in [4.78, 5) is 0. The van der Waals surface area contributed by atoms with E-state index in [1.165, 1.54) is 36.1 Å². The van der Waals surface area contributed by atoms with Crippen molar-refractivity contribution in [3.05, 3.63) is 68.0 Å². The molecule has 0 bridgehead atoms. The maximum Gasteiger partial charge on any atom is 0.124 e. The molecule has 0 amide bonds. The monoisotopic (exact) mass is 382 g/mol. The number of benzene rings is 2. The van der Waals surface area contributed by atoms with Gasteiger partial charge in [0.15, 0.2) is 0 Å². The molecule has 3 heteroatoms. The van der Waals surface area contributed by atoms with Crippen molar-refractivity contribution >= 4 is 22.6 Å². The lowest BCUT2D eigenvalue weighted by Crippen LogP contribution is -2.07. The molecule has 2 aromatic carbocycles. The highest BCUT2D eigenvalue weighted by atomic mass is 127. The Morgan fingerprint density at radius 3 is 2.50 bits per heavy atom. The quantitative estimate of drug-likeness (QED) is 0.764. The molecule has 0 radical (unpaired) electrons. The summed E-state index contributed by atoms with van der Waals surface area (Å²) < 4.78 is 13.9. The van der Waals surface area contributed by atoms with E-state index in [-0.39, 0.29) is 5.82 Å². The van der Waals surface area contributed by atoms with Gasteiger partial charge < -0.3 is 5.11 Å². The summed E-state index contributed by atoms with van der Waals surface area (Å²) in [6, 6.07) is 10.8. The SMILES string of the molecule is OC(c1ccc2c(c1)CCCC2)c1ccc(F)cc1I. The van der Waals surface area contributed by atoms with Crippen LogP contribution in [0, 0.1) is 9.39 Å². The number of hydrogen-bond acceptors (Lipinski definition) is 1. The Bertz CT molecular complexity index is 639. The third-order valence-electron chi connectivity index (χ3n) is 3.95. The molecule has 20 heavy (non-hydrogen) atoms. The Balaban J connectivity index is 1.95. The number of hydrogen-bond donors (Lipinski definition) is 1. The predicted molar refractivity (Wildman–Crippen MR) is 86.3 cm³/mol.